The molecule has 0 saturated carbocycles. The molecule has 1 fully saturated rings. The highest BCUT2D eigenvalue weighted by molar-refractivity contribution is 7.17. The first-order valence-corrected chi connectivity index (χ1v) is 10.3. The van der Waals surface area contributed by atoms with E-state index >= 15 is 0 Å². The van der Waals surface area contributed by atoms with Crippen LogP contribution in [-0.4, -0.2) is 23.7 Å². The average molecular weight is 388 g/mol. The maximum atomic E-state index is 11.8. The molecule has 2 aliphatic rings. The Kier molecular flexibility index (Phi) is 4.17. The van der Waals surface area contributed by atoms with E-state index < -0.39 is 5.97 Å². The predicted molar refractivity (Wildman–Crippen MR) is 116 cm³/mol. The van der Waals surface area contributed by atoms with Gasteiger partial charge in [0.15, 0.2) is 0 Å². The molecule has 3 aromatic rings. The van der Waals surface area contributed by atoms with Crippen LogP contribution in [0.1, 0.15) is 16.8 Å². The summed E-state index contributed by atoms with van der Waals surface area (Å²) in [4.78, 5) is 14.1. The quantitative estimate of drug-likeness (QED) is 0.605. The number of rotatable bonds is 4. The van der Waals surface area contributed by atoms with Gasteiger partial charge >= 0.3 is 5.97 Å². The first-order valence-electron chi connectivity index (χ1n) is 9.42. The summed E-state index contributed by atoms with van der Waals surface area (Å²) in [5.41, 5.74) is 2.85. The summed E-state index contributed by atoms with van der Waals surface area (Å²) in [6, 6.07) is 14.1. The van der Waals surface area contributed by atoms with Crippen LogP contribution < -0.4 is 10.2 Å². The smallest absolute Gasteiger partial charge is 0.337 e. The van der Waals surface area contributed by atoms with Crippen LogP contribution in [0, 0.1) is 5.92 Å². The lowest BCUT2D eigenvalue weighted by Crippen LogP contribution is -2.31. The summed E-state index contributed by atoms with van der Waals surface area (Å²) in [7, 11) is 0. The molecule has 2 aromatic carbocycles. The molecule has 140 valence electrons. The molecule has 1 aliphatic carbocycles. The maximum absolute atomic E-state index is 11.8. The Morgan fingerprint density at radius 2 is 2.00 bits per heavy atom. The van der Waals surface area contributed by atoms with Crippen molar-refractivity contribution in [2.45, 2.75) is 12.5 Å². The summed E-state index contributed by atoms with van der Waals surface area (Å²) >= 11 is 1.70. The second kappa shape index (κ2) is 6.84. The van der Waals surface area contributed by atoms with Crippen molar-refractivity contribution in [1.29, 1.82) is 0 Å². The number of thiophene rings is 1. The van der Waals surface area contributed by atoms with Crippen molar-refractivity contribution in [2.24, 2.45) is 5.92 Å². The van der Waals surface area contributed by atoms with Gasteiger partial charge in [-0.25, -0.2) is 4.79 Å². The van der Waals surface area contributed by atoms with Crippen molar-refractivity contribution in [1.82, 2.24) is 0 Å². The molecule has 0 bridgehead atoms. The topological polar surface area (TPSA) is 52.6 Å². The van der Waals surface area contributed by atoms with Gasteiger partial charge in [0.1, 0.15) is 0 Å². The molecule has 0 spiro atoms. The highest BCUT2D eigenvalue weighted by Gasteiger charge is 2.32. The second-order valence-corrected chi connectivity index (χ2v) is 8.19. The number of carboxylic acid groups (broad SMARTS) is 1. The lowest BCUT2D eigenvalue weighted by Gasteiger charge is -2.28. The van der Waals surface area contributed by atoms with E-state index in [9.17, 15) is 9.90 Å². The van der Waals surface area contributed by atoms with Crippen LogP contribution in [0.5, 0.6) is 0 Å². The Bertz CT molecular complexity index is 1110. The molecule has 5 heteroatoms. The van der Waals surface area contributed by atoms with Crippen LogP contribution in [0.25, 0.3) is 10.1 Å². The van der Waals surface area contributed by atoms with Gasteiger partial charge in [-0.2, -0.15) is 0 Å². The molecule has 2 heterocycles. The number of nitrogens with one attached hydrogen (secondary N) is 1. The number of carbonyl (C=O) groups is 1. The molecule has 1 aromatic heterocycles. The van der Waals surface area contributed by atoms with Crippen LogP contribution in [0.3, 0.4) is 0 Å². The van der Waals surface area contributed by atoms with E-state index in [1.165, 1.54) is 4.70 Å². The zero-order valence-electron chi connectivity index (χ0n) is 15.2. The van der Waals surface area contributed by atoms with Gasteiger partial charge < -0.3 is 15.3 Å². The fraction of sp³-hybridized carbons (Fsp3) is 0.174. The summed E-state index contributed by atoms with van der Waals surface area (Å²) in [6.45, 7) is 0.969. The van der Waals surface area contributed by atoms with Crippen LogP contribution in [-0.2, 0) is 0 Å². The molecule has 2 N–H and O–H groups in total. The van der Waals surface area contributed by atoms with Gasteiger partial charge in [-0.1, -0.05) is 24.3 Å². The Morgan fingerprint density at radius 3 is 2.89 bits per heavy atom. The Labute approximate surface area is 167 Å². The predicted octanol–water partition coefficient (Wildman–Crippen LogP) is 5.66. The third-order valence-electron chi connectivity index (χ3n) is 5.58. The molecule has 2 atom stereocenters. The Balaban J connectivity index is 1.50. The van der Waals surface area contributed by atoms with Crippen LogP contribution in [0.2, 0.25) is 0 Å². The van der Waals surface area contributed by atoms with E-state index in [2.05, 4.69) is 58.1 Å². The minimum atomic E-state index is -0.926. The SMILES string of the molecule is O=C(O)c1ccc(N2CCC3C=CC=CC32)cc1Nc1ccc2sccc2c1. The van der Waals surface area contributed by atoms with Gasteiger partial charge in [-0.05, 0) is 59.7 Å². The van der Waals surface area contributed by atoms with Crippen molar-refractivity contribution in [3.63, 3.8) is 0 Å². The largest absolute Gasteiger partial charge is 0.478 e. The summed E-state index contributed by atoms with van der Waals surface area (Å²) in [6.07, 6.45) is 9.84. The zero-order chi connectivity index (χ0) is 19.1. The van der Waals surface area contributed by atoms with Gasteiger partial charge in [0.05, 0.1) is 17.3 Å². The number of hydrogen-bond acceptors (Lipinski definition) is 4. The minimum absolute atomic E-state index is 0.281. The van der Waals surface area contributed by atoms with Crippen molar-refractivity contribution < 1.29 is 9.90 Å². The average Bonchev–Trinajstić information content (AvgIpc) is 3.34. The lowest BCUT2D eigenvalue weighted by atomic mass is 9.96. The number of benzene rings is 2. The van der Waals surface area contributed by atoms with Crippen molar-refractivity contribution >= 4 is 44.5 Å². The standard InChI is InChI=1S/C23H20N2O2S/c26-23(27)19-7-6-18(25-11-9-15-3-1-2-4-21(15)25)14-20(19)24-17-5-8-22-16(13-17)10-12-28-22/h1-8,10,12-15,21,24H,9,11H2,(H,26,27). The third kappa shape index (κ3) is 2.98. The molecule has 0 amide bonds. The van der Waals surface area contributed by atoms with Gasteiger partial charge in [-0.3, -0.25) is 0 Å². The molecule has 5 rings (SSSR count). The molecule has 4 nitrogen and oxygen atoms in total. The molecule has 0 radical (unpaired) electrons. The minimum Gasteiger partial charge on any atom is -0.478 e. The van der Waals surface area contributed by atoms with E-state index in [1.54, 1.807) is 17.4 Å². The summed E-state index contributed by atoms with van der Waals surface area (Å²) in [5, 5.41) is 16.2. The normalized spacial score (nSPS) is 20.5. The number of fused-ring (bicyclic) bond motifs is 2. The zero-order valence-corrected chi connectivity index (χ0v) is 16.0. The molecule has 2 unspecified atom stereocenters. The van der Waals surface area contributed by atoms with Gasteiger partial charge in [-0.15, -0.1) is 11.3 Å². The van der Waals surface area contributed by atoms with E-state index in [-0.39, 0.29) is 5.56 Å². The Hall–Kier alpha value is -3.05. The first-order chi connectivity index (χ1) is 13.7. The highest BCUT2D eigenvalue weighted by Crippen LogP contribution is 2.36. The molecule has 1 aliphatic heterocycles. The number of aromatic carboxylic acids is 1. The van der Waals surface area contributed by atoms with E-state index in [0.717, 1.165) is 29.7 Å². The van der Waals surface area contributed by atoms with Crippen molar-refractivity contribution in [3.05, 3.63) is 77.7 Å². The van der Waals surface area contributed by atoms with E-state index in [4.69, 9.17) is 0 Å². The monoisotopic (exact) mass is 388 g/mol. The van der Waals surface area contributed by atoms with E-state index in [0.29, 0.717) is 17.6 Å². The number of hydrogen-bond donors (Lipinski definition) is 2. The van der Waals surface area contributed by atoms with Crippen molar-refractivity contribution in [3.8, 4) is 0 Å². The maximum Gasteiger partial charge on any atom is 0.337 e. The summed E-state index contributed by atoms with van der Waals surface area (Å²) < 4.78 is 1.22. The van der Waals surface area contributed by atoms with Crippen LogP contribution in [0.4, 0.5) is 17.1 Å². The third-order valence-corrected chi connectivity index (χ3v) is 6.47. The number of anilines is 3. The lowest BCUT2D eigenvalue weighted by molar-refractivity contribution is 0.0698. The highest BCUT2D eigenvalue weighted by atomic mass is 32.1. The van der Waals surface area contributed by atoms with Crippen molar-refractivity contribution in [2.75, 3.05) is 16.8 Å². The van der Waals surface area contributed by atoms with Crippen LogP contribution in [0.15, 0.2) is 72.1 Å². The van der Waals surface area contributed by atoms with Gasteiger partial charge in [0, 0.05) is 28.5 Å². The molecular weight excluding hydrogens is 368 g/mol. The molecule has 28 heavy (non-hydrogen) atoms. The number of nitrogens with zero attached hydrogens (tertiary/aromatic N) is 1. The second-order valence-electron chi connectivity index (χ2n) is 7.24. The summed E-state index contributed by atoms with van der Waals surface area (Å²) in [5.74, 6) is -0.396. The number of allylic oxidation sites excluding steroid dienone is 2. The molecular formula is C23H20N2O2S. The fourth-order valence-electron chi connectivity index (χ4n) is 4.18. The van der Waals surface area contributed by atoms with Gasteiger partial charge in [0.2, 0.25) is 0 Å². The number of carboxylic acids is 1. The first kappa shape index (κ1) is 17.1. The fourth-order valence-corrected chi connectivity index (χ4v) is 4.95. The van der Waals surface area contributed by atoms with E-state index in [1.807, 2.05) is 18.2 Å². The Morgan fingerprint density at radius 1 is 1.11 bits per heavy atom. The van der Waals surface area contributed by atoms with Crippen LogP contribution >= 0.6 is 11.3 Å². The molecule has 1 saturated heterocycles. The van der Waals surface area contributed by atoms with Gasteiger partial charge in [0.25, 0.3) is 0 Å².